The molecule has 2 amide bonds. The number of nitrogens with one attached hydrogen (secondary N) is 2. The van der Waals surface area contributed by atoms with E-state index in [9.17, 15) is 4.79 Å². The van der Waals surface area contributed by atoms with Crippen molar-refractivity contribution in [3.05, 3.63) is 24.2 Å². The molecule has 1 saturated carbocycles. The van der Waals surface area contributed by atoms with Gasteiger partial charge in [-0.3, -0.25) is 0 Å². The molecule has 2 rings (SSSR count). The molecule has 0 bridgehead atoms. The van der Waals surface area contributed by atoms with Crippen LogP contribution in [0.15, 0.2) is 22.8 Å². The fraction of sp³-hybridized carbons (Fsp3) is 0.643. The molecule has 4 nitrogen and oxygen atoms in total. The average molecular weight is 250 g/mol. The van der Waals surface area contributed by atoms with Crippen molar-refractivity contribution in [1.29, 1.82) is 0 Å². The smallest absolute Gasteiger partial charge is 0.315 e. The third kappa shape index (κ3) is 4.43. The Hall–Kier alpha value is -1.45. The van der Waals surface area contributed by atoms with Gasteiger partial charge in [0.15, 0.2) is 0 Å². The van der Waals surface area contributed by atoms with Gasteiger partial charge in [-0.1, -0.05) is 32.1 Å². The highest BCUT2D eigenvalue weighted by Gasteiger charge is 2.13. The minimum atomic E-state index is -0.0861. The summed E-state index contributed by atoms with van der Waals surface area (Å²) in [5, 5.41) is 5.88. The Balaban J connectivity index is 1.68. The van der Waals surface area contributed by atoms with Gasteiger partial charge in [0.25, 0.3) is 0 Å². The van der Waals surface area contributed by atoms with Crippen LogP contribution in [-0.4, -0.2) is 12.1 Å². The van der Waals surface area contributed by atoms with Crippen molar-refractivity contribution in [3.63, 3.8) is 0 Å². The van der Waals surface area contributed by atoms with Crippen LogP contribution in [-0.2, 0) is 6.54 Å². The van der Waals surface area contributed by atoms with E-state index in [-0.39, 0.29) is 6.03 Å². The van der Waals surface area contributed by atoms with Crippen LogP contribution in [0.5, 0.6) is 0 Å². The minimum Gasteiger partial charge on any atom is -0.467 e. The molecule has 2 N–H and O–H groups in total. The number of urea groups is 1. The molecule has 100 valence electrons. The van der Waals surface area contributed by atoms with Crippen molar-refractivity contribution in [3.8, 4) is 0 Å². The van der Waals surface area contributed by atoms with Gasteiger partial charge in [-0.25, -0.2) is 4.79 Å². The van der Waals surface area contributed by atoms with E-state index in [2.05, 4.69) is 10.6 Å². The maximum atomic E-state index is 11.7. The fourth-order valence-electron chi connectivity index (χ4n) is 2.42. The highest BCUT2D eigenvalue weighted by atomic mass is 16.3. The Morgan fingerprint density at radius 2 is 1.94 bits per heavy atom. The molecule has 0 aromatic carbocycles. The van der Waals surface area contributed by atoms with Crippen LogP contribution in [0.25, 0.3) is 0 Å². The summed E-state index contributed by atoms with van der Waals surface area (Å²) in [6.07, 6.45) is 10.2. The highest BCUT2D eigenvalue weighted by Crippen LogP contribution is 2.16. The Morgan fingerprint density at radius 1 is 1.22 bits per heavy atom. The van der Waals surface area contributed by atoms with Gasteiger partial charge in [0.05, 0.1) is 12.8 Å². The van der Waals surface area contributed by atoms with E-state index in [1.807, 2.05) is 12.1 Å². The molecule has 1 fully saturated rings. The maximum Gasteiger partial charge on any atom is 0.315 e. The van der Waals surface area contributed by atoms with Crippen LogP contribution in [0.2, 0.25) is 0 Å². The van der Waals surface area contributed by atoms with Crippen LogP contribution in [0.1, 0.15) is 50.7 Å². The maximum absolute atomic E-state index is 11.7. The van der Waals surface area contributed by atoms with E-state index in [0.717, 1.165) is 18.6 Å². The summed E-state index contributed by atoms with van der Waals surface area (Å²) in [6, 6.07) is 3.93. The molecule has 0 saturated heterocycles. The first-order chi connectivity index (χ1) is 8.84. The summed E-state index contributed by atoms with van der Waals surface area (Å²) in [6.45, 7) is 0.450. The first-order valence-corrected chi connectivity index (χ1v) is 6.91. The lowest BCUT2D eigenvalue weighted by Gasteiger charge is -2.21. The van der Waals surface area contributed by atoms with E-state index in [1.165, 1.54) is 32.1 Å². The molecule has 0 radical (unpaired) electrons. The Labute approximate surface area is 108 Å². The second-order valence-electron chi connectivity index (χ2n) is 4.95. The summed E-state index contributed by atoms with van der Waals surface area (Å²) in [7, 11) is 0. The van der Waals surface area contributed by atoms with Crippen LogP contribution in [0.3, 0.4) is 0 Å². The SMILES string of the molecule is O=C(NCc1ccco1)NC1CCCCCCC1. The summed E-state index contributed by atoms with van der Waals surface area (Å²) >= 11 is 0. The quantitative estimate of drug-likeness (QED) is 0.865. The minimum absolute atomic E-state index is 0.0861. The average Bonchev–Trinajstić information content (AvgIpc) is 2.83. The molecule has 18 heavy (non-hydrogen) atoms. The lowest BCUT2D eigenvalue weighted by molar-refractivity contribution is 0.232. The van der Waals surface area contributed by atoms with Gasteiger partial charge in [-0.05, 0) is 25.0 Å². The summed E-state index contributed by atoms with van der Waals surface area (Å²) in [5.41, 5.74) is 0. The number of amides is 2. The van der Waals surface area contributed by atoms with Crippen molar-refractivity contribution in [2.45, 2.75) is 57.5 Å². The van der Waals surface area contributed by atoms with Crippen LogP contribution in [0, 0.1) is 0 Å². The molecule has 0 spiro atoms. The van der Waals surface area contributed by atoms with Crippen molar-refractivity contribution in [2.24, 2.45) is 0 Å². The lowest BCUT2D eigenvalue weighted by Crippen LogP contribution is -2.42. The monoisotopic (exact) mass is 250 g/mol. The Morgan fingerprint density at radius 3 is 2.61 bits per heavy atom. The molecule has 1 aliphatic rings. The van der Waals surface area contributed by atoms with E-state index in [0.29, 0.717) is 12.6 Å². The number of hydrogen-bond acceptors (Lipinski definition) is 2. The van der Waals surface area contributed by atoms with E-state index >= 15 is 0 Å². The van der Waals surface area contributed by atoms with Gasteiger partial charge in [-0.15, -0.1) is 0 Å². The number of hydrogen-bond donors (Lipinski definition) is 2. The number of carbonyl (C=O) groups excluding carboxylic acids is 1. The second-order valence-corrected chi connectivity index (χ2v) is 4.95. The molecule has 0 unspecified atom stereocenters. The van der Waals surface area contributed by atoms with E-state index in [1.54, 1.807) is 6.26 Å². The zero-order valence-corrected chi connectivity index (χ0v) is 10.8. The Kier molecular flexibility index (Phi) is 5.12. The number of furan rings is 1. The molecule has 1 aromatic rings. The third-order valence-electron chi connectivity index (χ3n) is 3.44. The van der Waals surface area contributed by atoms with Crippen LogP contribution in [0.4, 0.5) is 4.79 Å². The molecule has 0 aliphatic heterocycles. The molecule has 1 heterocycles. The zero-order valence-electron chi connectivity index (χ0n) is 10.8. The van der Waals surface area contributed by atoms with Crippen molar-refractivity contribution in [1.82, 2.24) is 10.6 Å². The summed E-state index contributed by atoms with van der Waals surface area (Å²) in [4.78, 5) is 11.7. The second kappa shape index (κ2) is 7.09. The third-order valence-corrected chi connectivity index (χ3v) is 3.44. The van der Waals surface area contributed by atoms with Crippen molar-refractivity contribution >= 4 is 6.03 Å². The standard InChI is InChI=1S/C14H22N2O2/c17-14(15-11-13-9-6-10-18-13)16-12-7-4-2-1-3-5-8-12/h6,9-10,12H,1-5,7-8,11H2,(H2,15,16,17). The molecule has 4 heteroatoms. The normalized spacial score (nSPS) is 17.8. The summed E-state index contributed by atoms with van der Waals surface area (Å²) < 4.78 is 5.17. The van der Waals surface area contributed by atoms with Crippen LogP contribution < -0.4 is 10.6 Å². The van der Waals surface area contributed by atoms with Gasteiger partial charge < -0.3 is 15.1 Å². The van der Waals surface area contributed by atoms with Gasteiger partial charge in [0, 0.05) is 6.04 Å². The predicted octanol–water partition coefficient (Wildman–Crippen LogP) is 3.19. The topological polar surface area (TPSA) is 54.3 Å². The number of carbonyl (C=O) groups is 1. The van der Waals surface area contributed by atoms with E-state index in [4.69, 9.17) is 4.42 Å². The molecule has 1 aliphatic carbocycles. The molecular formula is C14H22N2O2. The fourth-order valence-corrected chi connectivity index (χ4v) is 2.42. The molecule has 0 atom stereocenters. The largest absolute Gasteiger partial charge is 0.467 e. The van der Waals surface area contributed by atoms with Gasteiger partial charge in [0.1, 0.15) is 5.76 Å². The molecule has 1 aromatic heterocycles. The zero-order chi connectivity index (χ0) is 12.6. The van der Waals surface area contributed by atoms with Gasteiger partial charge >= 0.3 is 6.03 Å². The first-order valence-electron chi connectivity index (χ1n) is 6.91. The first kappa shape index (κ1) is 13.0. The predicted molar refractivity (Wildman–Crippen MR) is 70.2 cm³/mol. The van der Waals surface area contributed by atoms with Crippen molar-refractivity contribution < 1.29 is 9.21 Å². The Bertz CT molecular complexity index is 341. The van der Waals surface area contributed by atoms with Gasteiger partial charge in [-0.2, -0.15) is 0 Å². The lowest BCUT2D eigenvalue weighted by atomic mass is 9.97. The molecular weight excluding hydrogens is 228 g/mol. The summed E-state index contributed by atoms with van der Waals surface area (Å²) in [5.74, 6) is 0.780. The van der Waals surface area contributed by atoms with Gasteiger partial charge in [0.2, 0.25) is 0 Å². The van der Waals surface area contributed by atoms with Crippen LogP contribution >= 0.6 is 0 Å². The van der Waals surface area contributed by atoms with Crippen molar-refractivity contribution in [2.75, 3.05) is 0 Å². The number of rotatable bonds is 3. The highest BCUT2D eigenvalue weighted by molar-refractivity contribution is 5.74. The van der Waals surface area contributed by atoms with E-state index < -0.39 is 0 Å².